The van der Waals surface area contributed by atoms with Crippen LogP contribution in [0.2, 0.25) is 0 Å². The molecule has 0 fully saturated rings. The van der Waals surface area contributed by atoms with Crippen LogP contribution >= 0.6 is 11.3 Å². The summed E-state index contributed by atoms with van der Waals surface area (Å²) in [6.45, 7) is 6.65. The molecule has 1 aromatic heterocycles. The van der Waals surface area contributed by atoms with Crippen LogP contribution in [0.5, 0.6) is 5.75 Å². The van der Waals surface area contributed by atoms with Crippen molar-refractivity contribution in [1.29, 1.82) is 0 Å². The second-order valence-corrected chi connectivity index (χ2v) is 7.04. The number of carbonyl (C=O) groups is 2. The van der Waals surface area contributed by atoms with Gasteiger partial charge in [0.05, 0.1) is 6.61 Å². The second-order valence-electron chi connectivity index (χ2n) is 5.99. The number of hydrogen-bond donors (Lipinski definition) is 2. The molecule has 2 rings (SSSR count). The number of thiophene rings is 1. The van der Waals surface area contributed by atoms with Crippen molar-refractivity contribution in [1.82, 2.24) is 10.6 Å². The number of amides is 2. The normalized spacial score (nSPS) is 11.7. The van der Waals surface area contributed by atoms with Gasteiger partial charge in [-0.1, -0.05) is 37.3 Å². The molecule has 0 aliphatic carbocycles. The molecule has 0 saturated carbocycles. The zero-order chi connectivity index (χ0) is 18.9. The Morgan fingerprint density at radius 1 is 1.19 bits per heavy atom. The number of rotatable bonds is 9. The zero-order valence-electron chi connectivity index (χ0n) is 15.5. The Labute approximate surface area is 158 Å². The van der Waals surface area contributed by atoms with Crippen molar-refractivity contribution in [3.63, 3.8) is 0 Å². The molecule has 140 valence electrons. The van der Waals surface area contributed by atoms with Crippen LogP contribution in [0.25, 0.3) is 10.4 Å². The van der Waals surface area contributed by atoms with Gasteiger partial charge in [-0.3, -0.25) is 9.59 Å². The molecule has 0 unspecified atom stereocenters. The van der Waals surface area contributed by atoms with Gasteiger partial charge in [0.1, 0.15) is 10.6 Å². The van der Waals surface area contributed by atoms with Crippen molar-refractivity contribution in [2.75, 3.05) is 13.2 Å². The van der Waals surface area contributed by atoms with Crippen LogP contribution in [-0.4, -0.2) is 31.0 Å². The lowest BCUT2D eigenvalue weighted by molar-refractivity contribution is -0.121. The van der Waals surface area contributed by atoms with E-state index in [4.69, 9.17) is 4.74 Å². The monoisotopic (exact) mass is 374 g/mol. The highest BCUT2D eigenvalue weighted by Crippen LogP contribution is 2.36. The Hall–Kier alpha value is -2.34. The van der Waals surface area contributed by atoms with Gasteiger partial charge in [-0.25, -0.2) is 0 Å². The first-order valence-electron chi connectivity index (χ1n) is 8.94. The number of benzene rings is 1. The average molecular weight is 375 g/mol. The first kappa shape index (κ1) is 20.0. The second kappa shape index (κ2) is 9.97. The smallest absolute Gasteiger partial charge is 0.265 e. The molecule has 0 saturated heterocycles. The van der Waals surface area contributed by atoms with Gasteiger partial charge >= 0.3 is 0 Å². The van der Waals surface area contributed by atoms with E-state index < -0.39 is 0 Å². The Balaban J connectivity index is 2.01. The highest BCUT2D eigenvalue weighted by atomic mass is 32.1. The van der Waals surface area contributed by atoms with E-state index in [2.05, 4.69) is 10.6 Å². The van der Waals surface area contributed by atoms with Crippen LogP contribution in [0.4, 0.5) is 0 Å². The van der Waals surface area contributed by atoms with Crippen LogP contribution in [0.15, 0.2) is 36.4 Å². The van der Waals surface area contributed by atoms with Gasteiger partial charge in [-0.15, -0.1) is 11.3 Å². The lowest BCUT2D eigenvalue weighted by atomic mass is 10.2. The largest absolute Gasteiger partial charge is 0.492 e. The Kier molecular flexibility index (Phi) is 7.66. The number of ether oxygens (including phenoxy) is 1. The molecule has 2 aromatic rings. The summed E-state index contributed by atoms with van der Waals surface area (Å²) >= 11 is 1.40. The molecule has 5 nitrogen and oxygen atoms in total. The molecular weight excluding hydrogens is 348 g/mol. The van der Waals surface area contributed by atoms with Gasteiger partial charge in [0.2, 0.25) is 5.91 Å². The minimum absolute atomic E-state index is 0.0548. The van der Waals surface area contributed by atoms with Crippen LogP contribution in [0.3, 0.4) is 0 Å². The maximum Gasteiger partial charge on any atom is 0.265 e. The maximum absolute atomic E-state index is 12.5. The maximum atomic E-state index is 12.5. The summed E-state index contributed by atoms with van der Waals surface area (Å²) in [4.78, 5) is 25.9. The molecule has 26 heavy (non-hydrogen) atoms. The minimum Gasteiger partial charge on any atom is -0.492 e. The molecule has 2 N–H and O–H groups in total. The topological polar surface area (TPSA) is 67.4 Å². The molecule has 0 radical (unpaired) electrons. The predicted molar refractivity (Wildman–Crippen MR) is 106 cm³/mol. The van der Waals surface area contributed by atoms with E-state index in [9.17, 15) is 9.59 Å². The third-order valence-corrected chi connectivity index (χ3v) is 5.08. The SMILES string of the molecule is CCOc1cc(-c2ccccc2)sc1C(=O)NCCC(=O)N[C@@H](C)CC. The molecule has 0 aliphatic heterocycles. The lowest BCUT2D eigenvalue weighted by Crippen LogP contribution is -2.35. The summed E-state index contributed by atoms with van der Waals surface area (Å²) in [5, 5.41) is 5.70. The van der Waals surface area contributed by atoms with Gasteiger partial charge in [-0.05, 0) is 31.9 Å². The van der Waals surface area contributed by atoms with Crippen molar-refractivity contribution < 1.29 is 14.3 Å². The van der Waals surface area contributed by atoms with Gasteiger partial charge in [-0.2, -0.15) is 0 Å². The number of nitrogens with one attached hydrogen (secondary N) is 2. The highest BCUT2D eigenvalue weighted by Gasteiger charge is 2.18. The van der Waals surface area contributed by atoms with Crippen LogP contribution in [-0.2, 0) is 4.79 Å². The molecular formula is C20H26N2O3S. The molecule has 2 amide bonds. The van der Waals surface area contributed by atoms with Crippen molar-refractivity contribution in [3.05, 3.63) is 41.3 Å². The van der Waals surface area contributed by atoms with E-state index >= 15 is 0 Å². The average Bonchev–Trinajstić information content (AvgIpc) is 3.06. The first-order valence-corrected chi connectivity index (χ1v) is 9.76. The first-order chi connectivity index (χ1) is 12.5. The Bertz CT molecular complexity index is 728. The standard InChI is InChI=1S/C20H26N2O3S/c1-4-14(3)22-18(23)11-12-21-20(24)19-16(25-5-2)13-17(26-19)15-9-7-6-8-10-15/h6-10,13-14H,4-5,11-12H2,1-3H3,(H,21,24)(H,22,23)/t14-/m0/s1. The van der Waals surface area contributed by atoms with E-state index in [1.807, 2.05) is 57.2 Å². The summed E-state index contributed by atoms with van der Waals surface area (Å²) in [7, 11) is 0. The van der Waals surface area contributed by atoms with Crippen LogP contribution in [0.1, 0.15) is 43.3 Å². The van der Waals surface area contributed by atoms with E-state index in [-0.39, 0.29) is 24.3 Å². The summed E-state index contributed by atoms with van der Waals surface area (Å²) in [6.07, 6.45) is 1.14. The molecule has 1 heterocycles. The molecule has 1 atom stereocenters. The Morgan fingerprint density at radius 3 is 2.58 bits per heavy atom. The quantitative estimate of drug-likeness (QED) is 0.701. The Morgan fingerprint density at radius 2 is 1.92 bits per heavy atom. The van der Waals surface area contributed by atoms with Crippen molar-refractivity contribution in [2.45, 2.75) is 39.7 Å². The molecule has 0 aliphatic rings. The summed E-state index contributed by atoms with van der Waals surface area (Å²) < 4.78 is 5.63. The van der Waals surface area contributed by atoms with Gasteiger partial charge in [0, 0.05) is 23.9 Å². The fraction of sp³-hybridized carbons (Fsp3) is 0.400. The molecule has 0 bridgehead atoms. The number of carbonyl (C=O) groups excluding carboxylic acids is 2. The van der Waals surface area contributed by atoms with Crippen LogP contribution in [0, 0.1) is 0 Å². The van der Waals surface area contributed by atoms with Crippen molar-refractivity contribution in [2.24, 2.45) is 0 Å². The summed E-state index contributed by atoms with van der Waals surface area (Å²) in [6, 6.07) is 11.9. The van der Waals surface area contributed by atoms with Crippen molar-refractivity contribution in [3.8, 4) is 16.2 Å². The molecule has 1 aromatic carbocycles. The van der Waals surface area contributed by atoms with E-state index in [1.54, 1.807) is 0 Å². The van der Waals surface area contributed by atoms with Gasteiger partial charge in [0.25, 0.3) is 5.91 Å². The van der Waals surface area contributed by atoms with Crippen molar-refractivity contribution >= 4 is 23.2 Å². The number of hydrogen-bond acceptors (Lipinski definition) is 4. The lowest BCUT2D eigenvalue weighted by Gasteiger charge is -2.11. The predicted octanol–water partition coefficient (Wildman–Crippen LogP) is 3.85. The van der Waals surface area contributed by atoms with E-state index in [0.717, 1.165) is 16.9 Å². The highest BCUT2D eigenvalue weighted by molar-refractivity contribution is 7.17. The molecule has 0 spiro atoms. The van der Waals surface area contributed by atoms with E-state index in [0.29, 0.717) is 23.8 Å². The molecule has 6 heteroatoms. The summed E-state index contributed by atoms with van der Waals surface area (Å²) in [5.41, 5.74) is 1.05. The van der Waals surface area contributed by atoms with Gasteiger partial charge < -0.3 is 15.4 Å². The summed E-state index contributed by atoms with van der Waals surface area (Å²) in [5.74, 6) is 0.315. The fourth-order valence-corrected chi connectivity index (χ4v) is 3.38. The zero-order valence-corrected chi connectivity index (χ0v) is 16.3. The van der Waals surface area contributed by atoms with Crippen LogP contribution < -0.4 is 15.4 Å². The fourth-order valence-electron chi connectivity index (χ4n) is 2.36. The third-order valence-electron chi connectivity index (χ3n) is 3.92. The van der Waals surface area contributed by atoms with E-state index in [1.165, 1.54) is 11.3 Å². The third kappa shape index (κ3) is 5.59. The van der Waals surface area contributed by atoms with Gasteiger partial charge in [0.15, 0.2) is 0 Å². The minimum atomic E-state index is -0.211.